The Morgan fingerprint density at radius 3 is 2.93 bits per heavy atom. The number of nitrogens with zero attached hydrogens (tertiary/aromatic N) is 3. The van der Waals surface area contributed by atoms with Crippen LogP contribution in [0.25, 0.3) is 0 Å². The zero-order valence-corrected chi connectivity index (χ0v) is 16.7. The molecule has 5 nitrogen and oxygen atoms in total. The van der Waals surface area contributed by atoms with E-state index in [2.05, 4.69) is 16.9 Å². The first-order valence-electron chi connectivity index (χ1n) is 8.90. The standard InChI is InChI=1S/C18H22ClF2N3O2S/c1-11-6-17(3-4-24(11)9-12-7-22-23(2)8-12)15-13(5-14(19)27-15)18(25,10-26-17)16(20)21/h5,7-8,11,16,25H,3-4,6,9-10H2,1-2H3/t11-,17+,18+/m0/s1. The molecule has 0 aromatic carbocycles. The Kier molecular flexibility index (Phi) is 4.83. The average molecular weight is 418 g/mol. The van der Waals surface area contributed by atoms with E-state index in [1.54, 1.807) is 4.68 Å². The lowest BCUT2D eigenvalue weighted by Crippen LogP contribution is -2.54. The average Bonchev–Trinajstić information content (AvgIpc) is 3.20. The first-order chi connectivity index (χ1) is 12.7. The lowest BCUT2D eigenvalue weighted by atomic mass is 9.78. The van der Waals surface area contributed by atoms with Gasteiger partial charge in [0.05, 0.1) is 17.1 Å². The first kappa shape index (κ1) is 19.3. The predicted molar refractivity (Wildman–Crippen MR) is 99.2 cm³/mol. The quantitative estimate of drug-likeness (QED) is 0.830. The summed E-state index contributed by atoms with van der Waals surface area (Å²) in [5.74, 6) is 0. The van der Waals surface area contributed by atoms with Gasteiger partial charge in [-0.25, -0.2) is 8.78 Å². The van der Waals surface area contributed by atoms with Crippen molar-refractivity contribution in [3.63, 3.8) is 0 Å². The SMILES string of the molecule is C[C@H]1C[C@@]2(CCN1Cc1cnn(C)c1)OC[C@](O)(C(F)F)c1cc(Cl)sc12. The fraction of sp³-hybridized carbons (Fsp3) is 0.611. The second kappa shape index (κ2) is 6.77. The van der Waals surface area contributed by atoms with E-state index in [4.69, 9.17) is 16.3 Å². The van der Waals surface area contributed by atoms with Crippen LogP contribution in [0.5, 0.6) is 0 Å². The molecule has 27 heavy (non-hydrogen) atoms. The molecule has 0 unspecified atom stereocenters. The van der Waals surface area contributed by atoms with Crippen LogP contribution in [-0.4, -0.2) is 45.4 Å². The van der Waals surface area contributed by atoms with E-state index >= 15 is 0 Å². The summed E-state index contributed by atoms with van der Waals surface area (Å²) in [6.45, 7) is 3.24. The van der Waals surface area contributed by atoms with Crippen molar-refractivity contribution in [2.75, 3.05) is 13.2 Å². The fourth-order valence-electron chi connectivity index (χ4n) is 4.21. The van der Waals surface area contributed by atoms with Crippen molar-refractivity contribution in [3.8, 4) is 0 Å². The number of fused-ring (bicyclic) bond motifs is 2. The molecule has 1 N–H and O–H groups in total. The van der Waals surface area contributed by atoms with E-state index < -0.39 is 24.2 Å². The normalized spacial score (nSPS) is 31.6. The van der Waals surface area contributed by atoms with Gasteiger partial charge in [-0.3, -0.25) is 9.58 Å². The van der Waals surface area contributed by atoms with Crippen LogP contribution in [-0.2, 0) is 29.5 Å². The molecule has 1 spiro atoms. The molecule has 3 atom stereocenters. The molecular formula is C18H22ClF2N3O2S. The van der Waals surface area contributed by atoms with Crippen LogP contribution in [0, 0.1) is 0 Å². The maximum Gasteiger partial charge on any atom is 0.273 e. The van der Waals surface area contributed by atoms with Gasteiger partial charge in [0, 0.05) is 48.4 Å². The lowest BCUT2D eigenvalue weighted by Gasteiger charge is -2.49. The molecule has 2 aromatic heterocycles. The highest BCUT2D eigenvalue weighted by atomic mass is 35.5. The number of aliphatic hydroxyl groups is 1. The van der Waals surface area contributed by atoms with Crippen molar-refractivity contribution >= 4 is 22.9 Å². The lowest BCUT2D eigenvalue weighted by molar-refractivity contribution is -0.210. The fourth-order valence-corrected chi connectivity index (χ4v) is 5.69. The number of hydrogen-bond donors (Lipinski definition) is 1. The number of aromatic nitrogens is 2. The van der Waals surface area contributed by atoms with Crippen molar-refractivity contribution in [3.05, 3.63) is 38.8 Å². The minimum atomic E-state index is -2.93. The van der Waals surface area contributed by atoms with E-state index in [0.717, 1.165) is 18.7 Å². The number of rotatable bonds is 3. The molecule has 1 fully saturated rings. The number of aryl methyl sites for hydroxylation is 1. The summed E-state index contributed by atoms with van der Waals surface area (Å²) < 4.78 is 35.2. The highest BCUT2D eigenvalue weighted by Crippen LogP contribution is 2.53. The van der Waals surface area contributed by atoms with Crippen molar-refractivity contribution in [1.82, 2.24) is 14.7 Å². The number of hydrogen-bond acceptors (Lipinski definition) is 5. The molecule has 0 saturated carbocycles. The maximum atomic E-state index is 13.5. The topological polar surface area (TPSA) is 50.5 Å². The van der Waals surface area contributed by atoms with Crippen LogP contribution in [0.15, 0.2) is 18.5 Å². The van der Waals surface area contributed by atoms with Gasteiger partial charge >= 0.3 is 0 Å². The molecule has 0 amide bonds. The van der Waals surface area contributed by atoms with E-state index in [1.165, 1.54) is 17.4 Å². The van der Waals surface area contributed by atoms with Crippen LogP contribution in [0.2, 0.25) is 4.34 Å². The summed E-state index contributed by atoms with van der Waals surface area (Å²) >= 11 is 7.39. The minimum Gasteiger partial charge on any atom is -0.377 e. The second-order valence-electron chi connectivity index (χ2n) is 7.60. The van der Waals surface area contributed by atoms with Gasteiger partial charge in [-0.1, -0.05) is 11.6 Å². The smallest absolute Gasteiger partial charge is 0.273 e. The Bertz CT molecular complexity index is 844. The van der Waals surface area contributed by atoms with Gasteiger partial charge in [0.15, 0.2) is 5.60 Å². The second-order valence-corrected chi connectivity index (χ2v) is 9.28. The van der Waals surface area contributed by atoms with E-state index in [-0.39, 0.29) is 11.6 Å². The summed E-state index contributed by atoms with van der Waals surface area (Å²) in [5, 5.41) is 14.7. The highest BCUT2D eigenvalue weighted by Gasteiger charge is 2.54. The van der Waals surface area contributed by atoms with Crippen LogP contribution < -0.4 is 0 Å². The summed E-state index contributed by atoms with van der Waals surface area (Å²) in [5.41, 5.74) is -1.59. The molecule has 0 bridgehead atoms. The number of halogens is 3. The zero-order chi connectivity index (χ0) is 19.4. The third kappa shape index (κ3) is 3.21. The van der Waals surface area contributed by atoms with Gasteiger partial charge in [0.2, 0.25) is 0 Å². The molecule has 0 aliphatic carbocycles. The van der Waals surface area contributed by atoms with Crippen LogP contribution in [0.3, 0.4) is 0 Å². The summed E-state index contributed by atoms with van der Waals surface area (Å²) in [7, 11) is 1.89. The minimum absolute atomic E-state index is 0.186. The van der Waals surface area contributed by atoms with Crippen molar-refractivity contribution in [2.24, 2.45) is 7.05 Å². The maximum absolute atomic E-state index is 13.5. The molecule has 0 radical (unpaired) electrons. The van der Waals surface area contributed by atoms with Crippen molar-refractivity contribution in [1.29, 1.82) is 0 Å². The van der Waals surface area contributed by atoms with Crippen LogP contribution in [0.4, 0.5) is 8.78 Å². The van der Waals surface area contributed by atoms with Gasteiger partial charge in [0.25, 0.3) is 6.43 Å². The third-order valence-corrected chi connectivity index (χ3v) is 7.16. The van der Waals surface area contributed by atoms with Gasteiger partial charge in [-0.05, 0) is 25.8 Å². The van der Waals surface area contributed by atoms with Crippen LogP contribution >= 0.6 is 22.9 Å². The Morgan fingerprint density at radius 1 is 1.52 bits per heavy atom. The number of piperidine rings is 1. The summed E-state index contributed by atoms with van der Waals surface area (Å²) in [4.78, 5) is 2.99. The summed E-state index contributed by atoms with van der Waals surface area (Å²) in [6, 6.07) is 1.66. The van der Waals surface area contributed by atoms with Gasteiger partial charge in [-0.15, -0.1) is 11.3 Å². The molecule has 148 valence electrons. The Hall–Kier alpha value is -1.06. The first-order valence-corrected chi connectivity index (χ1v) is 10.1. The molecule has 2 aliphatic heterocycles. The zero-order valence-electron chi connectivity index (χ0n) is 15.2. The Morgan fingerprint density at radius 2 is 2.30 bits per heavy atom. The van der Waals surface area contributed by atoms with Gasteiger partial charge in [-0.2, -0.15) is 5.10 Å². The van der Waals surface area contributed by atoms with E-state index in [1.807, 2.05) is 19.4 Å². The summed E-state index contributed by atoms with van der Waals surface area (Å²) in [6.07, 6.45) is 2.25. The predicted octanol–water partition coefficient (Wildman–Crippen LogP) is 3.50. The van der Waals surface area contributed by atoms with Gasteiger partial charge in [0.1, 0.15) is 5.60 Å². The van der Waals surface area contributed by atoms with Crippen LogP contribution in [0.1, 0.15) is 35.8 Å². The molecule has 2 aromatic rings. The van der Waals surface area contributed by atoms with E-state index in [0.29, 0.717) is 22.1 Å². The highest BCUT2D eigenvalue weighted by molar-refractivity contribution is 7.16. The van der Waals surface area contributed by atoms with E-state index in [9.17, 15) is 13.9 Å². The number of alkyl halides is 2. The number of ether oxygens (including phenoxy) is 1. The Labute approximate surface area is 165 Å². The number of thiophene rings is 1. The van der Waals surface area contributed by atoms with Gasteiger partial charge < -0.3 is 9.84 Å². The van der Waals surface area contributed by atoms with Crippen molar-refractivity contribution in [2.45, 2.75) is 50.0 Å². The number of likely N-dealkylation sites (tertiary alicyclic amines) is 1. The monoisotopic (exact) mass is 417 g/mol. The molecule has 2 aliphatic rings. The molecule has 4 rings (SSSR count). The largest absolute Gasteiger partial charge is 0.377 e. The van der Waals surface area contributed by atoms with Crippen molar-refractivity contribution < 1.29 is 18.6 Å². The molecular weight excluding hydrogens is 396 g/mol. The molecule has 4 heterocycles. The molecule has 9 heteroatoms. The molecule has 1 saturated heterocycles. The Balaban J connectivity index is 1.59. The third-order valence-electron chi connectivity index (χ3n) is 5.71.